The van der Waals surface area contributed by atoms with Crippen LogP contribution in [0.2, 0.25) is 0 Å². The van der Waals surface area contributed by atoms with Gasteiger partial charge in [-0.25, -0.2) is 9.59 Å². The lowest BCUT2D eigenvalue weighted by molar-refractivity contribution is -0.138. The summed E-state index contributed by atoms with van der Waals surface area (Å²) in [7, 11) is 1.28. The molecule has 0 heterocycles. The van der Waals surface area contributed by atoms with Crippen LogP contribution in [-0.2, 0) is 23.9 Å². The second-order valence-electron chi connectivity index (χ2n) is 11.4. The Morgan fingerprint density at radius 1 is 0.531 bits per heavy atom. The zero-order valence-corrected chi connectivity index (χ0v) is 29.2. The molecule has 0 aliphatic heterocycles. The third kappa shape index (κ3) is 12.9. The van der Waals surface area contributed by atoms with Crippen LogP contribution in [-0.4, -0.2) is 43.6 Å². The third-order valence-electron chi connectivity index (χ3n) is 6.45. The minimum Gasteiger partial charge on any atom is -0.465 e. The van der Waals surface area contributed by atoms with Crippen molar-refractivity contribution in [2.24, 2.45) is 17.8 Å². The van der Waals surface area contributed by atoms with E-state index in [0.717, 1.165) is 10.8 Å². The maximum atomic E-state index is 11.6. The molecule has 0 spiro atoms. The number of ether oxygens (including phenoxy) is 5. The molecule has 0 saturated carbocycles. The van der Waals surface area contributed by atoms with Crippen LogP contribution in [0.1, 0.15) is 69.2 Å². The highest BCUT2D eigenvalue weighted by atomic mass is 16.6. The normalized spacial score (nSPS) is 10.3. The molecule has 260 valence electrons. The van der Waals surface area contributed by atoms with Gasteiger partial charge in [0.2, 0.25) is 0 Å². The fraction of sp³-hybridized carbons (Fsp3) is 0.308. The minimum atomic E-state index is -0.521. The Kier molecular flexibility index (Phi) is 16.2. The van der Waals surface area contributed by atoms with Crippen LogP contribution >= 0.6 is 0 Å². The summed E-state index contributed by atoms with van der Waals surface area (Å²) in [6.45, 7) is 12.6. The van der Waals surface area contributed by atoms with Gasteiger partial charge in [0.25, 0.3) is 0 Å². The number of methoxy groups -OCH3 is 1. The van der Waals surface area contributed by atoms with Crippen LogP contribution in [0.5, 0.6) is 17.2 Å². The molecule has 0 bridgehead atoms. The van der Waals surface area contributed by atoms with Gasteiger partial charge in [-0.05, 0) is 54.1 Å². The number of carbonyl (C=O) groups is 5. The Morgan fingerprint density at radius 2 is 0.959 bits per heavy atom. The van der Waals surface area contributed by atoms with Gasteiger partial charge in [-0.2, -0.15) is 0 Å². The van der Waals surface area contributed by atoms with Crippen LogP contribution in [0, 0.1) is 17.8 Å². The lowest BCUT2D eigenvalue weighted by Crippen LogP contribution is -2.17. The number of rotatable bonds is 9. The van der Waals surface area contributed by atoms with Crippen molar-refractivity contribution in [3.8, 4) is 17.2 Å². The zero-order valence-electron chi connectivity index (χ0n) is 29.2. The van der Waals surface area contributed by atoms with Gasteiger partial charge in [0.05, 0.1) is 31.5 Å². The molecule has 0 fully saturated rings. The second kappa shape index (κ2) is 20.0. The van der Waals surface area contributed by atoms with Crippen LogP contribution in [0.25, 0.3) is 10.8 Å². The predicted molar refractivity (Wildman–Crippen MR) is 186 cm³/mol. The van der Waals surface area contributed by atoms with Gasteiger partial charge in [0.15, 0.2) is 0 Å². The summed E-state index contributed by atoms with van der Waals surface area (Å²) in [5.41, 5.74) is 0.516. The highest BCUT2D eigenvalue weighted by Crippen LogP contribution is 2.22. The summed E-state index contributed by atoms with van der Waals surface area (Å²) in [6, 6.07) is 26.7. The van der Waals surface area contributed by atoms with Gasteiger partial charge < -0.3 is 23.7 Å². The van der Waals surface area contributed by atoms with Crippen molar-refractivity contribution >= 4 is 40.6 Å². The lowest BCUT2D eigenvalue weighted by Gasteiger charge is -2.10. The first kappa shape index (κ1) is 39.7. The summed E-state index contributed by atoms with van der Waals surface area (Å²) in [5.74, 6) is -1.47. The van der Waals surface area contributed by atoms with Crippen molar-refractivity contribution in [3.05, 3.63) is 102 Å². The number of esters is 5. The molecule has 10 nitrogen and oxygen atoms in total. The van der Waals surface area contributed by atoms with Gasteiger partial charge in [-0.1, -0.05) is 96.1 Å². The van der Waals surface area contributed by atoms with Gasteiger partial charge >= 0.3 is 29.8 Å². The van der Waals surface area contributed by atoms with Gasteiger partial charge in [-0.3, -0.25) is 14.4 Å². The van der Waals surface area contributed by atoms with Crippen molar-refractivity contribution in [1.29, 1.82) is 0 Å². The van der Waals surface area contributed by atoms with E-state index >= 15 is 0 Å². The van der Waals surface area contributed by atoms with E-state index in [1.54, 1.807) is 83.1 Å². The number of para-hydroxylation sites is 2. The molecule has 0 atom stereocenters. The molecule has 0 aliphatic carbocycles. The maximum absolute atomic E-state index is 11.6. The topological polar surface area (TPSA) is 132 Å². The van der Waals surface area contributed by atoms with Crippen LogP contribution in [0.15, 0.2) is 91.0 Å². The average molecular weight is 673 g/mol. The van der Waals surface area contributed by atoms with E-state index in [1.165, 1.54) is 7.11 Å². The van der Waals surface area contributed by atoms with Crippen LogP contribution in [0.4, 0.5) is 0 Å². The fourth-order valence-corrected chi connectivity index (χ4v) is 3.68. The summed E-state index contributed by atoms with van der Waals surface area (Å²) >= 11 is 0. The van der Waals surface area contributed by atoms with E-state index in [9.17, 15) is 24.0 Å². The van der Waals surface area contributed by atoms with Crippen molar-refractivity contribution in [2.45, 2.75) is 48.5 Å². The van der Waals surface area contributed by atoms with Crippen molar-refractivity contribution in [2.75, 3.05) is 13.7 Å². The molecule has 10 heteroatoms. The van der Waals surface area contributed by atoms with Crippen molar-refractivity contribution in [3.63, 3.8) is 0 Å². The molecule has 0 radical (unpaired) electrons. The Morgan fingerprint density at radius 3 is 1.43 bits per heavy atom. The van der Waals surface area contributed by atoms with Crippen LogP contribution in [0.3, 0.4) is 0 Å². The molecular weight excluding hydrogens is 628 g/mol. The second-order valence-corrected chi connectivity index (χ2v) is 11.4. The predicted octanol–water partition coefficient (Wildman–Crippen LogP) is 7.86. The quantitative estimate of drug-likeness (QED) is 0.128. The number of hydrogen-bond donors (Lipinski definition) is 0. The summed E-state index contributed by atoms with van der Waals surface area (Å²) in [4.78, 5) is 57.3. The summed E-state index contributed by atoms with van der Waals surface area (Å²) in [5, 5.41) is 2.23. The first-order valence-corrected chi connectivity index (χ1v) is 15.9. The van der Waals surface area contributed by atoms with Crippen LogP contribution < -0.4 is 14.2 Å². The van der Waals surface area contributed by atoms with Crippen molar-refractivity contribution in [1.82, 2.24) is 0 Å². The Hall–Kier alpha value is -5.51. The largest absolute Gasteiger partial charge is 0.465 e. The van der Waals surface area contributed by atoms with E-state index in [1.807, 2.05) is 56.3 Å². The number of benzene rings is 4. The fourth-order valence-electron chi connectivity index (χ4n) is 3.68. The summed E-state index contributed by atoms with van der Waals surface area (Å²) in [6.07, 6.45) is 0. The molecule has 4 aromatic rings. The monoisotopic (exact) mass is 672 g/mol. The van der Waals surface area contributed by atoms with E-state index in [4.69, 9.17) is 18.9 Å². The SMILES string of the molecule is CC(C)C(=O)Oc1ccc2ccccc2c1.CCOC(=O)c1ccccc1OC(=O)C(C)C.COC(=O)c1ccccc1OC(=O)C(C)C. The highest BCUT2D eigenvalue weighted by molar-refractivity contribution is 5.94. The number of fused-ring (bicyclic) bond motifs is 1. The van der Waals surface area contributed by atoms with E-state index in [2.05, 4.69) is 4.74 Å². The Labute approximate surface area is 287 Å². The molecule has 0 aromatic heterocycles. The molecule has 49 heavy (non-hydrogen) atoms. The van der Waals surface area contributed by atoms with Gasteiger partial charge in [0, 0.05) is 0 Å². The molecular formula is C39H44O10. The molecule has 0 N–H and O–H groups in total. The number of carbonyl (C=O) groups excluding carboxylic acids is 5. The molecule has 0 saturated heterocycles. The molecule has 0 amide bonds. The number of hydrogen-bond acceptors (Lipinski definition) is 10. The van der Waals surface area contributed by atoms with E-state index in [-0.39, 0.29) is 64.9 Å². The molecule has 0 unspecified atom stereocenters. The Bertz CT molecular complexity index is 1720. The van der Waals surface area contributed by atoms with Crippen molar-refractivity contribution < 1.29 is 47.7 Å². The van der Waals surface area contributed by atoms with Gasteiger partial charge in [-0.15, -0.1) is 0 Å². The van der Waals surface area contributed by atoms with E-state index < -0.39 is 11.9 Å². The first-order valence-electron chi connectivity index (χ1n) is 15.9. The Balaban J connectivity index is 0.000000255. The molecule has 0 aliphatic rings. The standard InChI is InChI=1S/C14H14O2.C13H16O4.C12H14O4/c1-10(2)14(15)16-13-8-7-11-5-3-4-6-12(11)9-13;1-4-16-13(15)10-7-5-6-8-11(10)17-12(14)9(2)3;1-8(2)11(13)16-10-7-5-4-6-9(10)12(14)15-3/h3-10H,1-2H3;5-9H,4H2,1-3H3;4-8H,1-3H3. The zero-order chi connectivity index (χ0) is 36.5. The van der Waals surface area contributed by atoms with Gasteiger partial charge in [0.1, 0.15) is 28.4 Å². The smallest absolute Gasteiger partial charge is 0.341 e. The summed E-state index contributed by atoms with van der Waals surface area (Å²) < 4.78 is 24.9. The molecule has 4 aromatic carbocycles. The average Bonchev–Trinajstić information content (AvgIpc) is 3.08. The molecule has 4 rings (SSSR count). The highest BCUT2D eigenvalue weighted by Gasteiger charge is 2.18. The first-order chi connectivity index (χ1) is 23.3. The lowest BCUT2D eigenvalue weighted by atomic mass is 10.1. The third-order valence-corrected chi connectivity index (χ3v) is 6.45. The van der Waals surface area contributed by atoms with E-state index in [0.29, 0.717) is 5.75 Å². The minimum absolute atomic E-state index is 0.105. The maximum Gasteiger partial charge on any atom is 0.341 e.